The average Bonchev–Trinajstić information content (AvgIpc) is 1.82. The van der Waals surface area contributed by atoms with Crippen LogP contribution in [0.5, 0.6) is 0 Å². The third-order valence-electron chi connectivity index (χ3n) is 1.75. The van der Waals surface area contributed by atoms with Crippen molar-refractivity contribution in [3.05, 3.63) is 12.3 Å². The highest BCUT2D eigenvalue weighted by atomic mass is 19.4. The topological polar surface area (TPSA) is 3.24 Å². The zero-order chi connectivity index (χ0) is 10.8. The Morgan fingerprint density at radius 2 is 1.38 bits per heavy atom. The minimum Gasteiger partial charge on any atom is -0.363 e. The van der Waals surface area contributed by atoms with E-state index in [1.807, 2.05) is 0 Å². The van der Waals surface area contributed by atoms with E-state index in [1.54, 1.807) is 27.7 Å². The summed E-state index contributed by atoms with van der Waals surface area (Å²) in [5.41, 5.74) is -0.766. The Balaban J connectivity index is 4.68. The monoisotopic (exact) mass is 195 g/mol. The van der Waals surface area contributed by atoms with Crippen molar-refractivity contribution in [1.29, 1.82) is 0 Å². The van der Waals surface area contributed by atoms with Crippen LogP contribution in [-0.4, -0.2) is 23.2 Å². The number of alkyl halides is 3. The van der Waals surface area contributed by atoms with E-state index in [0.717, 1.165) is 0 Å². The van der Waals surface area contributed by atoms with E-state index in [4.69, 9.17) is 0 Å². The summed E-state index contributed by atoms with van der Waals surface area (Å²) in [6.07, 6.45) is -4.32. The molecule has 0 heterocycles. The lowest BCUT2D eigenvalue weighted by Crippen LogP contribution is -2.40. The summed E-state index contributed by atoms with van der Waals surface area (Å²) in [5, 5.41) is 0. The molecule has 0 aromatic carbocycles. The van der Waals surface area contributed by atoms with Crippen LogP contribution < -0.4 is 0 Å². The Labute approximate surface area is 77.2 Å². The van der Waals surface area contributed by atoms with Crippen LogP contribution in [0.4, 0.5) is 13.2 Å². The fourth-order valence-corrected chi connectivity index (χ4v) is 1.37. The van der Waals surface area contributed by atoms with Gasteiger partial charge >= 0.3 is 6.18 Å². The standard InChI is InChI=1S/C9H16F3N/c1-6(2)13(7(3)4)8(5)9(10,11)12/h6-7H,5H2,1-4H3. The lowest BCUT2D eigenvalue weighted by Gasteiger charge is -2.35. The van der Waals surface area contributed by atoms with Gasteiger partial charge in [0.15, 0.2) is 0 Å². The molecule has 0 aliphatic carbocycles. The highest BCUT2D eigenvalue weighted by Gasteiger charge is 2.37. The van der Waals surface area contributed by atoms with Crippen molar-refractivity contribution in [2.45, 2.75) is 46.0 Å². The summed E-state index contributed by atoms with van der Waals surface area (Å²) in [4.78, 5) is 1.26. The Hall–Kier alpha value is -0.670. The quantitative estimate of drug-likeness (QED) is 0.668. The molecule has 0 bridgehead atoms. The molecule has 0 fully saturated rings. The van der Waals surface area contributed by atoms with E-state index < -0.39 is 11.9 Å². The molecule has 0 aromatic heterocycles. The molecule has 0 amide bonds. The van der Waals surface area contributed by atoms with Crippen LogP contribution >= 0.6 is 0 Å². The van der Waals surface area contributed by atoms with Crippen LogP contribution in [0.25, 0.3) is 0 Å². The predicted molar refractivity (Wildman–Crippen MR) is 47.3 cm³/mol. The molecule has 0 N–H and O–H groups in total. The highest BCUT2D eigenvalue weighted by molar-refractivity contribution is 5.04. The van der Waals surface area contributed by atoms with Gasteiger partial charge in [0.2, 0.25) is 0 Å². The Morgan fingerprint density at radius 3 is 1.46 bits per heavy atom. The number of hydrogen-bond donors (Lipinski definition) is 0. The minimum absolute atomic E-state index is 0.186. The van der Waals surface area contributed by atoms with Crippen LogP contribution in [-0.2, 0) is 0 Å². The van der Waals surface area contributed by atoms with Gasteiger partial charge in [0, 0.05) is 12.1 Å². The van der Waals surface area contributed by atoms with E-state index in [-0.39, 0.29) is 12.1 Å². The zero-order valence-electron chi connectivity index (χ0n) is 8.44. The van der Waals surface area contributed by atoms with Crippen LogP contribution in [0.1, 0.15) is 27.7 Å². The lowest BCUT2D eigenvalue weighted by molar-refractivity contribution is -0.116. The van der Waals surface area contributed by atoms with Crippen LogP contribution in [0, 0.1) is 0 Å². The van der Waals surface area contributed by atoms with E-state index in [0.29, 0.717) is 0 Å². The van der Waals surface area contributed by atoms with E-state index >= 15 is 0 Å². The summed E-state index contributed by atoms with van der Waals surface area (Å²) >= 11 is 0. The lowest BCUT2D eigenvalue weighted by atomic mass is 10.2. The van der Waals surface area contributed by atoms with Crippen molar-refractivity contribution in [3.63, 3.8) is 0 Å². The summed E-state index contributed by atoms with van der Waals surface area (Å²) < 4.78 is 36.8. The summed E-state index contributed by atoms with van der Waals surface area (Å²) in [6.45, 7) is 9.95. The van der Waals surface area contributed by atoms with Crippen LogP contribution in [0.3, 0.4) is 0 Å². The van der Waals surface area contributed by atoms with Gasteiger partial charge in [0.05, 0.1) is 0 Å². The number of rotatable bonds is 3. The first kappa shape index (κ1) is 12.3. The molecule has 78 valence electrons. The van der Waals surface area contributed by atoms with Crippen molar-refractivity contribution in [3.8, 4) is 0 Å². The second kappa shape index (κ2) is 4.03. The maximum Gasteiger partial charge on any atom is 0.430 e. The van der Waals surface area contributed by atoms with Gasteiger partial charge in [-0.2, -0.15) is 13.2 Å². The third-order valence-corrected chi connectivity index (χ3v) is 1.75. The molecule has 0 saturated carbocycles. The summed E-state index contributed by atoms with van der Waals surface area (Å²) in [5.74, 6) is 0. The maximum atomic E-state index is 12.3. The van der Waals surface area contributed by atoms with Crippen molar-refractivity contribution in [2.75, 3.05) is 0 Å². The van der Waals surface area contributed by atoms with Gasteiger partial charge in [-0.25, -0.2) is 0 Å². The van der Waals surface area contributed by atoms with Crippen molar-refractivity contribution >= 4 is 0 Å². The van der Waals surface area contributed by atoms with Crippen molar-refractivity contribution in [1.82, 2.24) is 4.90 Å². The molecule has 0 aromatic rings. The zero-order valence-corrected chi connectivity index (χ0v) is 8.44. The number of allylic oxidation sites excluding steroid dienone is 1. The van der Waals surface area contributed by atoms with Gasteiger partial charge in [0.25, 0.3) is 0 Å². The highest BCUT2D eigenvalue weighted by Crippen LogP contribution is 2.29. The number of nitrogens with zero attached hydrogens (tertiary/aromatic N) is 1. The Morgan fingerprint density at radius 1 is 1.08 bits per heavy atom. The molecule has 0 aliphatic heterocycles. The van der Waals surface area contributed by atoms with Gasteiger partial charge in [-0.3, -0.25) is 0 Å². The smallest absolute Gasteiger partial charge is 0.363 e. The number of halogens is 3. The summed E-state index contributed by atoms with van der Waals surface area (Å²) in [7, 11) is 0. The Kier molecular flexibility index (Phi) is 3.82. The fraction of sp³-hybridized carbons (Fsp3) is 0.778. The molecule has 0 atom stereocenters. The first-order valence-corrected chi connectivity index (χ1v) is 4.22. The molecule has 0 aliphatic rings. The molecule has 0 unspecified atom stereocenters. The van der Waals surface area contributed by atoms with Crippen molar-refractivity contribution in [2.24, 2.45) is 0 Å². The fourth-order valence-electron chi connectivity index (χ4n) is 1.37. The van der Waals surface area contributed by atoms with E-state index in [2.05, 4.69) is 6.58 Å². The van der Waals surface area contributed by atoms with Gasteiger partial charge in [0.1, 0.15) is 5.70 Å². The molecule has 4 heteroatoms. The third kappa shape index (κ3) is 3.28. The van der Waals surface area contributed by atoms with E-state index in [1.165, 1.54) is 4.90 Å². The first-order chi connectivity index (χ1) is 5.68. The second-order valence-electron chi connectivity index (χ2n) is 3.54. The van der Waals surface area contributed by atoms with Gasteiger partial charge in [-0.05, 0) is 27.7 Å². The molecular formula is C9H16F3N. The van der Waals surface area contributed by atoms with E-state index in [9.17, 15) is 13.2 Å². The van der Waals surface area contributed by atoms with Gasteiger partial charge in [-0.1, -0.05) is 6.58 Å². The second-order valence-corrected chi connectivity index (χ2v) is 3.54. The normalized spacial score (nSPS) is 12.4. The molecule has 13 heavy (non-hydrogen) atoms. The predicted octanol–water partition coefficient (Wildman–Crippen LogP) is 3.18. The maximum absolute atomic E-state index is 12.3. The molecule has 0 rings (SSSR count). The van der Waals surface area contributed by atoms with Gasteiger partial charge < -0.3 is 4.90 Å². The first-order valence-electron chi connectivity index (χ1n) is 4.22. The van der Waals surface area contributed by atoms with Crippen LogP contribution in [0.15, 0.2) is 12.3 Å². The largest absolute Gasteiger partial charge is 0.430 e. The average molecular weight is 195 g/mol. The minimum atomic E-state index is -4.32. The van der Waals surface area contributed by atoms with Crippen molar-refractivity contribution < 1.29 is 13.2 Å². The van der Waals surface area contributed by atoms with Gasteiger partial charge in [-0.15, -0.1) is 0 Å². The molecule has 0 radical (unpaired) electrons. The SMILES string of the molecule is C=C(N(C(C)C)C(C)C)C(F)(F)F. The number of hydrogen-bond acceptors (Lipinski definition) is 1. The molecule has 1 nitrogen and oxygen atoms in total. The molecule has 0 saturated heterocycles. The Bertz CT molecular complexity index is 174. The van der Waals surface area contributed by atoms with Crippen LogP contribution in [0.2, 0.25) is 0 Å². The molecular weight excluding hydrogens is 179 g/mol. The summed E-state index contributed by atoms with van der Waals surface area (Å²) in [6, 6.07) is -0.372. The molecule has 0 spiro atoms.